The molecule has 0 unspecified atom stereocenters. The summed E-state index contributed by atoms with van der Waals surface area (Å²) in [5.74, 6) is -0.642. The summed E-state index contributed by atoms with van der Waals surface area (Å²) in [7, 11) is 0. The van der Waals surface area contributed by atoms with Gasteiger partial charge in [0.25, 0.3) is 0 Å². The molecule has 0 aromatic carbocycles. The largest absolute Gasteiger partial charge is 0.476 e. The zero-order chi connectivity index (χ0) is 12.3. The molecule has 1 N–H and O–H groups in total. The molecule has 8 heteroatoms. The molecule has 0 radical (unpaired) electrons. The van der Waals surface area contributed by atoms with E-state index in [1.807, 2.05) is 6.92 Å². The van der Waals surface area contributed by atoms with Gasteiger partial charge in [-0.05, 0) is 6.42 Å². The number of carbonyl (C=O) groups is 1. The van der Waals surface area contributed by atoms with Crippen molar-refractivity contribution in [1.29, 1.82) is 0 Å². The number of carboxylic acid groups (broad SMARTS) is 1. The Morgan fingerprint density at radius 2 is 2.41 bits per heavy atom. The molecule has 90 valence electrons. The van der Waals surface area contributed by atoms with Crippen molar-refractivity contribution in [3.8, 4) is 0 Å². The molecule has 2 aromatic heterocycles. The van der Waals surface area contributed by atoms with Gasteiger partial charge in [-0.2, -0.15) is 4.98 Å². The van der Waals surface area contributed by atoms with Crippen LogP contribution in [0.2, 0.25) is 0 Å². The van der Waals surface area contributed by atoms with Crippen molar-refractivity contribution < 1.29 is 14.4 Å². The Morgan fingerprint density at radius 1 is 1.59 bits per heavy atom. The van der Waals surface area contributed by atoms with Crippen molar-refractivity contribution >= 4 is 5.97 Å². The van der Waals surface area contributed by atoms with Crippen LogP contribution >= 0.6 is 0 Å². The number of carboxylic acids is 1. The number of aromatic carboxylic acids is 1. The fourth-order valence-corrected chi connectivity index (χ4v) is 1.51. The number of hydrogen-bond acceptors (Lipinski definition) is 6. The van der Waals surface area contributed by atoms with Crippen molar-refractivity contribution in [3.63, 3.8) is 0 Å². The van der Waals surface area contributed by atoms with Gasteiger partial charge < -0.3 is 9.63 Å². The molecule has 0 aliphatic rings. The first-order valence-corrected chi connectivity index (χ1v) is 5.13. The molecule has 2 heterocycles. The predicted molar refractivity (Wildman–Crippen MR) is 54.4 cm³/mol. The maximum Gasteiger partial charge on any atom is 0.358 e. The molecule has 0 aliphatic heterocycles. The van der Waals surface area contributed by atoms with Crippen LogP contribution in [0.1, 0.15) is 35.4 Å². The van der Waals surface area contributed by atoms with Crippen LogP contribution in [0.5, 0.6) is 0 Å². The van der Waals surface area contributed by atoms with E-state index in [0.717, 1.165) is 6.42 Å². The molecule has 8 nitrogen and oxygen atoms in total. The fraction of sp³-hybridized carbons (Fsp3) is 0.444. The van der Waals surface area contributed by atoms with Crippen LogP contribution in [0.15, 0.2) is 10.9 Å². The van der Waals surface area contributed by atoms with E-state index in [2.05, 4.69) is 25.0 Å². The van der Waals surface area contributed by atoms with Gasteiger partial charge >= 0.3 is 5.97 Å². The highest BCUT2D eigenvalue weighted by atomic mass is 16.5. The number of nitrogens with zero attached hydrogens (tertiary/aromatic N) is 5. The van der Waals surface area contributed by atoms with Gasteiger partial charge in [0.15, 0.2) is 11.5 Å². The molecular weight excluding hydrogens is 226 g/mol. The van der Waals surface area contributed by atoms with E-state index in [4.69, 9.17) is 5.11 Å². The third-order valence-electron chi connectivity index (χ3n) is 2.23. The van der Waals surface area contributed by atoms with Crippen molar-refractivity contribution in [3.05, 3.63) is 23.6 Å². The van der Waals surface area contributed by atoms with Gasteiger partial charge in [-0.1, -0.05) is 23.7 Å². The van der Waals surface area contributed by atoms with Gasteiger partial charge in [-0.25, -0.2) is 9.48 Å². The first-order valence-electron chi connectivity index (χ1n) is 5.13. The summed E-state index contributed by atoms with van der Waals surface area (Å²) < 4.78 is 6.09. The average Bonchev–Trinajstić information content (AvgIpc) is 2.90. The van der Waals surface area contributed by atoms with E-state index in [9.17, 15) is 4.79 Å². The Labute approximate surface area is 96.2 Å². The summed E-state index contributed by atoms with van der Waals surface area (Å²) in [6, 6.07) is 0. The van der Waals surface area contributed by atoms with Gasteiger partial charge in [0, 0.05) is 0 Å². The normalized spacial score (nSPS) is 10.6. The van der Waals surface area contributed by atoms with Crippen LogP contribution < -0.4 is 0 Å². The lowest BCUT2D eigenvalue weighted by Crippen LogP contribution is -2.10. The molecule has 0 spiro atoms. The minimum atomic E-state index is -1.08. The number of aromatic nitrogens is 5. The molecule has 0 saturated heterocycles. The Balaban J connectivity index is 2.30. The standard InChI is InChI=1S/C9H11N5O3/c1-2-3-6-8(9(15)16)11-13-14(6)4-7-10-5-17-12-7/h5H,2-4H2,1H3,(H,15,16). The molecule has 17 heavy (non-hydrogen) atoms. The topological polar surface area (TPSA) is 107 Å². The Kier molecular flexibility index (Phi) is 3.12. The van der Waals surface area contributed by atoms with Crippen LogP contribution in [0.3, 0.4) is 0 Å². The minimum Gasteiger partial charge on any atom is -0.476 e. The van der Waals surface area contributed by atoms with Gasteiger partial charge in [0.2, 0.25) is 6.39 Å². The summed E-state index contributed by atoms with van der Waals surface area (Å²) in [6.07, 6.45) is 2.61. The maximum atomic E-state index is 10.9. The lowest BCUT2D eigenvalue weighted by Gasteiger charge is -2.02. The Bertz CT molecular complexity index is 505. The SMILES string of the molecule is CCCc1c(C(=O)O)nnn1Cc1ncon1. The van der Waals surface area contributed by atoms with Gasteiger partial charge in [0.05, 0.1) is 5.69 Å². The van der Waals surface area contributed by atoms with Crippen LogP contribution in [0.25, 0.3) is 0 Å². The zero-order valence-electron chi connectivity index (χ0n) is 9.20. The first-order chi connectivity index (χ1) is 8.22. The molecule has 0 bridgehead atoms. The molecule has 0 saturated carbocycles. The van der Waals surface area contributed by atoms with Crippen molar-refractivity contribution in [2.45, 2.75) is 26.3 Å². The van der Waals surface area contributed by atoms with E-state index in [1.54, 1.807) is 0 Å². The third kappa shape index (κ3) is 2.30. The lowest BCUT2D eigenvalue weighted by atomic mass is 10.2. The lowest BCUT2D eigenvalue weighted by molar-refractivity contribution is 0.0689. The van der Waals surface area contributed by atoms with Gasteiger partial charge in [-0.15, -0.1) is 5.10 Å². The van der Waals surface area contributed by atoms with E-state index in [-0.39, 0.29) is 12.2 Å². The van der Waals surface area contributed by atoms with Crippen molar-refractivity contribution in [2.75, 3.05) is 0 Å². The molecule has 0 atom stereocenters. The molecule has 2 rings (SSSR count). The fourth-order valence-electron chi connectivity index (χ4n) is 1.51. The van der Waals surface area contributed by atoms with Crippen molar-refractivity contribution in [2.24, 2.45) is 0 Å². The molecule has 2 aromatic rings. The van der Waals surface area contributed by atoms with Gasteiger partial charge in [-0.3, -0.25) is 0 Å². The smallest absolute Gasteiger partial charge is 0.358 e. The minimum absolute atomic E-state index is 0.0182. The van der Waals surface area contributed by atoms with E-state index in [0.29, 0.717) is 17.9 Å². The van der Waals surface area contributed by atoms with Gasteiger partial charge in [0.1, 0.15) is 6.54 Å². The zero-order valence-corrected chi connectivity index (χ0v) is 9.20. The summed E-state index contributed by atoms with van der Waals surface area (Å²) in [5, 5.41) is 20.0. The summed E-state index contributed by atoms with van der Waals surface area (Å²) in [5.41, 5.74) is 0.556. The molecular formula is C9H11N5O3. The van der Waals surface area contributed by atoms with Crippen LogP contribution in [-0.4, -0.2) is 36.2 Å². The maximum absolute atomic E-state index is 10.9. The van der Waals surface area contributed by atoms with Crippen LogP contribution in [0, 0.1) is 0 Å². The highest BCUT2D eigenvalue weighted by molar-refractivity contribution is 5.86. The summed E-state index contributed by atoms with van der Waals surface area (Å²) in [6.45, 7) is 2.21. The monoisotopic (exact) mass is 237 g/mol. The molecule has 0 fully saturated rings. The van der Waals surface area contributed by atoms with E-state index >= 15 is 0 Å². The number of hydrogen-bond donors (Lipinski definition) is 1. The molecule has 0 amide bonds. The first kappa shape index (κ1) is 11.2. The predicted octanol–water partition coefficient (Wildman–Crippen LogP) is 0.360. The second-order valence-corrected chi connectivity index (χ2v) is 3.44. The van der Waals surface area contributed by atoms with Crippen LogP contribution in [0.4, 0.5) is 0 Å². The highest BCUT2D eigenvalue weighted by Crippen LogP contribution is 2.09. The van der Waals surface area contributed by atoms with E-state index < -0.39 is 5.97 Å². The van der Waals surface area contributed by atoms with E-state index in [1.165, 1.54) is 11.1 Å². The van der Waals surface area contributed by atoms with Crippen LogP contribution in [-0.2, 0) is 13.0 Å². The Morgan fingerprint density at radius 3 is 3.00 bits per heavy atom. The van der Waals surface area contributed by atoms with Crippen molar-refractivity contribution in [1.82, 2.24) is 25.1 Å². The average molecular weight is 237 g/mol. The number of rotatable bonds is 5. The summed E-state index contributed by atoms with van der Waals surface area (Å²) in [4.78, 5) is 14.8. The Hall–Kier alpha value is -2.25. The molecule has 0 aliphatic carbocycles. The quantitative estimate of drug-likeness (QED) is 0.799. The summed E-state index contributed by atoms with van der Waals surface area (Å²) >= 11 is 0. The third-order valence-corrected chi connectivity index (χ3v) is 2.23. The second-order valence-electron chi connectivity index (χ2n) is 3.44. The highest BCUT2D eigenvalue weighted by Gasteiger charge is 2.18. The second kappa shape index (κ2) is 4.73.